The Hall–Kier alpha value is -1.82. The van der Waals surface area contributed by atoms with E-state index in [-0.39, 0.29) is 12.6 Å². The molecule has 0 saturated heterocycles. The lowest BCUT2D eigenvalue weighted by molar-refractivity contribution is -0.0172. The topological polar surface area (TPSA) is 54.9 Å². The summed E-state index contributed by atoms with van der Waals surface area (Å²) < 4.78 is 24.4. The number of nitrogens with zero attached hydrogens (tertiary/aromatic N) is 1. The highest BCUT2D eigenvalue weighted by Crippen LogP contribution is 2.30. The molecule has 6 heteroatoms. The summed E-state index contributed by atoms with van der Waals surface area (Å²) in [4.78, 5) is 4.54. The Morgan fingerprint density at radius 1 is 1.36 bits per heavy atom. The summed E-state index contributed by atoms with van der Waals surface area (Å²) in [5.41, 5.74) is 1.49. The van der Waals surface area contributed by atoms with Crippen LogP contribution in [0.25, 0.3) is 0 Å². The van der Waals surface area contributed by atoms with E-state index < -0.39 is 0 Å². The van der Waals surface area contributed by atoms with Crippen molar-refractivity contribution in [3.05, 3.63) is 29.1 Å². The summed E-state index contributed by atoms with van der Waals surface area (Å²) in [7, 11) is 0. The van der Waals surface area contributed by atoms with Crippen molar-refractivity contribution in [3.8, 4) is 5.75 Å². The normalized spacial score (nSPS) is 17.6. The molecule has 0 atom stereocenters. The van der Waals surface area contributed by atoms with Crippen molar-refractivity contribution in [3.63, 3.8) is 0 Å². The molecule has 1 aromatic rings. The highest BCUT2D eigenvalue weighted by Gasteiger charge is 2.21. The molecule has 1 aliphatic carbocycles. The number of hydrogen-bond acceptors (Lipinski definition) is 3. The molecular weight excluding hydrogens is 285 g/mol. The quantitative estimate of drug-likeness (QED) is 0.646. The molecular formula is C16H22FN3O2. The number of rotatable bonds is 5. The van der Waals surface area contributed by atoms with Crippen LogP contribution in [0.5, 0.6) is 5.75 Å². The minimum Gasteiger partial charge on any atom is -0.467 e. The predicted octanol–water partition coefficient (Wildman–Crippen LogP) is 2.16. The summed E-state index contributed by atoms with van der Waals surface area (Å²) in [5.74, 6) is 1.95. The highest BCUT2D eigenvalue weighted by atomic mass is 19.1. The first kappa shape index (κ1) is 15.1. The molecule has 1 heterocycles. The van der Waals surface area contributed by atoms with Gasteiger partial charge in [-0.25, -0.2) is 9.38 Å². The van der Waals surface area contributed by atoms with Crippen molar-refractivity contribution in [1.82, 2.24) is 10.6 Å². The maximum atomic E-state index is 13.7. The van der Waals surface area contributed by atoms with E-state index in [9.17, 15) is 4.39 Å². The summed E-state index contributed by atoms with van der Waals surface area (Å²) in [6.07, 6.45) is 2.58. The van der Waals surface area contributed by atoms with Gasteiger partial charge in [0.25, 0.3) is 0 Å². The number of halogens is 1. The summed E-state index contributed by atoms with van der Waals surface area (Å²) in [6, 6.07) is 2.94. The lowest BCUT2D eigenvalue weighted by Crippen LogP contribution is -2.38. The number of guanidine groups is 1. The molecule has 1 fully saturated rings. The van der Waals surface area contributed by atoms with Crippen molar-refractivity contribution in [1.29, 1.82) is 0 Å². The first-order valence-corrected chi connectivity index (χ1v) is 7.80. The van der Waals surface area contributed by atoms with Gasteiger partial charge < -0.3 is 20.1 Å². The van der Waals surface area contributed by atoms with Crippen LogP contribution in [0.1, 0.15) is 30.9 Å². The Morgan fingerprint density at radius 2 is 2.23 bits per heavy atom. The molecule has 3 rings (SSSR count). The van der Waals surface area contributed by atoms with Crippen LogP contribution in [0.2, 0.25) is 0 Å². The van der Waals surface area contributed by atoms with Gasteiger partial charge in [-0.15, -0.1) is 0 Å². The van der Waals surface area contributed by atoms with Gasteiger partial charge in [0, 0.05) is 24.2 Å². The largest absolute Gasteiger partial charge is 0.467 e. The summed E-state index contributed by atoms with van der Waals surface area (Å²) in [5, 5.41) is 6.54. The lowest BCUT2D eigenvalue weighted by atomic mass is 10.1. The second-order valence-corrected chi connectivity index (χ2v) is 5.68. The number of nitrogens with one attached hydrogen (secondary N) is 2. The first-order valence-electron chi connectivity index (χ1n) is 7.80. The average Bonchev–Trinajstić information content (AvgIpc) is 3.34. The van der Waals surface area contributed by atoms with Gasteiger partial charge >= 0.3 is 0 Å². The van der Waals surface area contributed by atoms with Gasteiger partial charge in [0.05, 0.1) is 13.2 Å². The maximum absolute atomic E-state index is 13.7. The van der Waals surface area contributed by atoms with Gasteiger partial charge in [0.15, 0.2) is 12.8 Å². The molecule has 2 aliphatic rings. The van der Waals surface area contributed by atoms with Gasteiger partial charge in [0.2, 0.25) is 0 Å². The number of fused-ring (bicyclic) bond motifs is 1. The molecule has 1 saturated carbocycles. The molecule has 1 aromatic carbocycles. The van der Waals surface area contributed by atoms with Crippen molar-refractivity contribution in [2.75, 3.05) is 19.9 Å². The van der Waals surface area contributed by atoms with E-state index in [1.165, 1.54) is 25.0 Å². The molecule has 1 aliphatic heterocycles. The fraction of sp³-hybridized carbons (Fsp3) is 0.562. The number of hydrogen-bond donors (Lipinski definition) is 2. The monoisotopic (exact) mass is 307 g/mol. The molecule has 0 aromatic heterocycles. The minimum absolute atomic E-state index is 0.204. The Balaban J connectivity index is 1.72. The molecule has 120 valence electrons. The van der Waals surface area contributed by atoms with Crippen LogP contribution >= 0.6 is 0 Å². The molecule has 22 heavy (non-hydrogen) atoms. The van der Waals surface area contributed by atoms with Crippen LogP contribution in [-0.2, 0) is 17.9 Å². The molecule has 0 radical (unpaired) electrons. The average molecular weight is 307 g/mol. The van der Waals surface area contributed by atoms with Gasteiger partial charge in [-0.3, -0.25) is 0 Å². The van der Waals surface area contributed by atoms with E-state index in [0.29, 0.717) is 18.9 Å². The van der Waals surface area contributed by atoms with Gasteiger partial charge in [0.1, 0.15) is 11.6 Å². The molecule has 0 bridgehead atoms. The number of ether oxygens (including phenoxy) is 2. The molecule has 0 amide bonds. The number of aliphatic imine (C=N–C) groups is 1. The van der Waals surface area contributed by atoms with E-state index in [1.54, 1.807) is 0 Å². The van der Waals surface area contributed by atoms with Gasteiger partial charge in [-0.1, -0.05) is 0 Å². The fourth-order valence-corrected chi connectivity index (χ4v) is 2.44. The van der Waals surface area contributed by atoms with E-state index in [0.717, 1.165) is 36.1 Å². The Labute approximate surface area is 129 Å². The maximum Gasteiger partial charge on any atom is 0.191 e. The third-order valence-electron chi connectivity index (χ3n) is 3.76. The second kappa shape index (κ2) is 6.96. The zero-order valence-corrected chi connectivity index (χ0v) is 12.8. The van der Waals surface area contributed by atoms with Crippen molar-refractivity contribution in [2.45, 2.75) is 32.9 Å². The Kier molecular flexibility index (Phi) is 4.77. The third kappa shape index (κ3) is 3.88. The van der Waals surface area contributed by atoms with E-state index in [4.69, 9.17) is 9.47 Å². The van der Waals surface area contributed by atoms with Crippen LogP contribution in [0.15, 0.2) is 17.1 Å². The van der Waals surface area contributed by atoms with Crippen LogP contribution in [-0.4, -0.2) is 25.8 Å². The predicted molar refractivity (Wildman–Crippen MR) is 82.2 cm³/mol. The van der Waals surface area contributed by atoms with E-state index in [1.807, 2.05) is 6.92 Å². The Morgan fingerprint density at radius 3 is 3.00 bits per heavy atom. The smallest absolute Gasteiger partial charge is 0.191 e. The van der Waals surface area contributed by atoms with Crippen molar-refractivity contribution < 1.29 is 13.9 Å². The van der Waals surface area contributed by atoms with Crippen LogP contribution in [0.3, 0.4) is 0 Å². The molecule has 0 spiro atoms. The third-order valence-corrected chi connectivity index (χ3v) is 3.76. The molecule has 5 nitrogen and oxygen atoms in total. The molecule has 2 N–H and O–H groups in total. The van der Waals surface area contributed by atoms with Gasteiger partial charge in [-0.05, 0) is 37.8 Å². The number of benzene rings is 1. The van der Waals surface area contributed by atoms with E-state index >= 15 is 0 Å². The standard InChI is InChI=1S/C16H22FN3O2/c1-2-18-16(19-7-11-3-4-11)20-8-12-5-14(17)6-13-9-21-10-22-15(12)13/h5-6,11H,2-4,7-10H2,1H3,(H2,18,19,20). The Bertz CT molecular complexity index is 559. The molecule has 0 unspecified atom stereocenters. The highest BCUT2D eigenvalue weighted by molar-refractivity contribution is 5.79. The summed E-state index contributed by atoms with van der Waals surface area (Å²) in [6.45, 7) is 4.72. The van der Waals surface area contributed by atoms with Crippen LogP contribution in [0.4, 0.5) is 4.39 Å². The van der Waals surface area contributed by atoms with Crippen molar-refractivity contribution >= 4 is 5.96 Å². The second-order valence-electron chi connectivity index (χ2n) is 5.68. The zero-order chi connectivity index (χ0) is 15.4. The fourth-order valence-electron chi connectivity index (χ4n) is 2.44. The van der Waals surface area contributed by atoms with Crippen LogP contribution in [0, 0.1) is 11.7 Å². The summed E-state index contributed by atoms with van der Waals surface area (Å²) >= 11 is 0. The van der Waals surface area contributed by atoms with Gasteiger partial charge in [-0.2, -0.15) is 0 Å². The SMILES string of the molecule is CCNC(=NCc1cc(F)cc2c1OCOC2)NCC1CC1. The van der Waals surface area contributed by atoms with E-state index in [2.05, 4.69) is 15.6 Å². The minimum atomic E-state index is -0.283. The van der Waals surface area contributed by atoms with Crippen molar-refractivity contribution in [2.24, 2.45) is 10.9 Å². The zero-order valence-electron chi connectivity index (χ0n) is 12.8. The van der Waals surface area contributed by atoms with Crippen LogP contribution < -0.4 is 15.4 Å². The first-order chi connectivity index (χ1) is 10.8. The lowest BCUT2D eigenvalue weighted by Gasteiger charge is -2.20.